The zero-order valence-electron chi connectivity index (χ0n) is 22.2. The number of halogens is 2. The number of aromatic nitrogens is 7. The number of nitrogens with zero attached hydrogens (tertiary/aromatic N) is 10. The molecular formula is C28H23ClFN11O. The summed E-state index contributed by atoms with van der Waals surface area (Å²) in [6, 6.07) is 12.5. The van der Waals surface area contributed by atoms with Crippen molar-refractivity contribution in [2.45, 2.75) is 6.54 Å². The Labute approximate surface area is 243 Å². The fourth-order valence-electron chi connectivity index (χ4n) is 5.32. The Morgan fingerprint density at radius 3 is 2.62 bits per heavy atom. The fraction of sp³-hybridized carbons (Fsp3) is 0.214. The zero-order valence-corrected chi connectivity index (χ0v) is 22.9. The molecule has 42 heavy (non-hydrogen) atoms. The lowest BCUT2D eigenvalue weighted by Gasteiger charge is -2.36. The molecule has 5 aromatic heterocycles. The second kappa shape index (κ2) is 10.4. The standard InChI is InChI=1S/C28H23ClFN11O/c29-23-21(16-31)40(25-22(23)26-35-24(19-3-1-2-6-33-19)37-41(26)28(32)36-25)13-10-38-8-11-39(12-9-38)20-15-17(4-5-18(20)30)27-34-7-14-42-27/h1-7,14-15H,8-13H2,(H2,32,36). The minimum Gasteiger partial charge on any atom is -0.445 e. The van der Waals surface area contributed by atoms with Crippen molar-refractivity contribution < 1.29 is 8.81 Å². The summed E-state index contributed by atoms with van der Waals surface area (Å²) in [5.74, 6) is 0.654. The molecule has 210 valence electrons. The van der Waals surface area contributed by atoms with Crippen LogP contribution in [0, 0.1) is 17.1 Å². The van der Waals surface area contributed by atoms with Crippen LogP contribution in [0.25, 0.3) is 39.7 Å². The lowest BCUT2D eigenvalue weighted by atomic mass is 10.1. The maximum Gasteiger partial charge on any atom is 0.225 e. The minimum atomic E-state index is -0.291. The van der Waals surface area contributed by atoms with E-state index in [4.69, 9.17) is 21.8 Å². The van der Waals surface area contributed by atoms with Crippen molar-refractivity contribution in [2.75, 3.05) is 43.4 Å². The third-order valence-corrected chi connectivity index (χ3v) is 7.79. The van der Waals surface area contributed by atoms with Crippen LogP contribution in [0.4, 0.5) is 16.0 Å². The second-order valence-corrected chi connectivity index (χ2v) is 10.2. The van der Waals surface area contributed by atoms with E-state index in [-0.39, 0.29) is 22.5 Å². The van der Waals surface area contributed by atoms with Crippen molar-refractivity contribution in [3.8, 4) is 29.0 Å². The van der Waals surface area contributed by atoms with Crippen molar-refractivity contribution >= 4 is 39.9 Å². The molecular weight excluding hydrogens is 561 g/mol. The van der Waals surface area contributed by atoms with Gasteiger partial charge in [0.05, 0.1) is 22.3 Å². The van der Waals surface area contributed by atoms with Gasteiger partial charge >= 0.3 is 0 Å². The van der Waals surface area contributed by atoms with Crippen molar-refractivity contribution in [1.82, 2.24) is 39.0 Å². The molecule has 6 heterocycles. The summed E-state index contributed by atoms with van der Waals surface area (Å²) in [5.41, 5.74) is 9.24. The van der Waals surface area contributed by atoms with Crippen LogP contribution in [0.2, 0.25) is 5.02 Å². The van der Waals surface area contributed by atoms with E-state index in [1.54, 1.807) is 41.2 Å². The molecule has 1 saturated heterocycles. The van der Waals surface area contributed by atoms with Crippen LogP contribution in [-0.4, -0.2) is 71.7 Å². The number of nitriles is 1. The van der Waals surface area contributed by atoms with Crippen LogP contribution in [0.3, 0.4) is 0 Å². The average Bonchev–Trinajstić information content (AvgIpc) is 3.76. The van der Waals surface area contributed by atoms with Crippen molar-refractivity contribution in [2.24, 2.45) is 0 Å². The highest BCUT2D eigenvalue weighted by Crippen LogP contribution is 2.34. The third-order valence-electron chi connectivity index (χ3n) is 7.42. The number of pyridine rings is 1. The van der Waals surface area contributed by atoms with Crippen LogP contribution in [0.5, 0.6) is 0 Å². The second-order valence-electron chi connectivity index (χ2n) is 9.81. The van der Waals surface area contributed by atoms with Gasteiger partial charge in [-0.3, -0.25) is 9.88 Å². The zero-order chi connectivity index (χ0) is 28.8. The van der Waals surface area contributed by atoms with Gasteiger partial charge in [0.2, 0.25) is 17.7 Å². The SMILES string of the molecule is N#Cc1c(Cl)c2c(nc(N)n3nc(-c4ccccn4)nc23)n1CCN1CCN(c2cc(-c3ncco3)ccc2F)CC1. The van der Waals surface area contributed by atoms with E-state index in [9.17, 15) is 9.65 Å². The molecule has 1 aromatic carbocycles. The van der Waals surface area contributed by atoms with E-state index in [0.717, 1.165) is 5.56 Å². The Hall–Kier alpha value is -5.06. The number of hydrogen-bond acceptors (Lipinski definition) is 10. The van der Waals surface area contributed by atoms with Gasteiger partial charge in [0.1, 0.15) is 35.2 Å². The first kappa shape index (κ1) is 25.9. The molecule has 0 aliphatic carbocycles. The van der Waals surface area contributed by atoms with Crippen molar-refractivity contribution in [3.63, 3.8) is 0 Å². The first-order valence-electron chi connectivity index (χ1n) is 13.2. The molecule has 2 N–H and O–H groups in total. The maximum atomic E-state index is 14.8. The quantitative estimate of drug-likeness (QED) is 0.307. The first-order valence-corrected chi connectivity index (χ1v) is 13.6. The van der Waals surface area contributed by atoms with Gasteiger partial charge in [0.25, 0.3) is 0 Å². The lowest BCUT2D eigenvalue weighted by molar-refractivity contribution is 0.248. The smallest absolute Gasteiger partial charge is 0.225 e. The molecule has 12 nitrogen and oxygen atoms in total. The third kappa shape index (κ3) is 4.37. The Morgan fingerprint density at radius 1 is 1.02 bits per heavy atom. The number of nitrogen functional groups attached to an aromatic ring is 1. The van der Waals surface area contributed by atoms with E-state index >= 15 is 0 Å². The van der Waals surface area contributed by atoms with Gasteiger partial charge in [-0.1, -0.05) is 17.7 Å². The van der Waals surface area contributed by atoms with Crippen molar-refractivity contribution in [1.29, 1.82) is 5.26 Å². The highest BCUT2D eigenvalue weighted by Gasteiger charge is 2.25. The molecule has 0 atom stereocenters. The Bertz CT molecular complexity index is 1960. The van der Waals surface area contributed by atoms with E-state index in [0.29, 0.717) is 79.0 Å². The fourth-order valence-corrected chi connectivity index (χ4v) is 5.63. The molecule has 0 saturated carbocycles. The molecule has 6 aromatic rings. The molecule has 1 aliphatic rings. The van der Waals surface area contributed by atoms with Crippen molar-refractivity contribution in [3.05, 3.63) is 71.6 Å². The van der Waals surface area contributed by atoms with Crippen LogP contribution in [0.1, 0.15) is 5.69 Å². The van der Waals surface area contributed by atoms with Crippen LogP contribution >= 0.6 is 11.6 Å². The molecule has 14 heteroatoms. The summed E-state index contributed by atoms with van der Waals surface area (Å²) < 4.78 is 23.3. The van der Waals surface area contributed by atoms with Crippen LogP contribution < -0.4 is 10.6 Å². The van der Waals surface area contributed by atoms with Gasteiger partial charge in [-0.2, -0.15) is 14.8 Å². The van der Waals surface area contributed by atoms with Gasteiger partial charge in [-0.05, 0) is 30.3 Å². The first-order chi connectivity index (χ1) is 20.5. The number of rotatable bonds is 6. The highest BCUT2D eigenvalue weighted by atomic mass is 35.5. The topological polar surface area (TPSA) is 143 Å². The monoisotopic (exact) mass is 583 g/mol. The van der Waals surface area contributed by atoms with Gasteiger partial charge in [0.15, 0.2) is 5.65 Å². The summed E-state index contributed by atoms with van der Waals surface area (Å²) in [6.07, 6.45) is 4.71. The molecule has 7 rings (SSSR count). The molecule has 0 radical (unpaired) electrons. The number of hydrogen-bond donors (Lipinski definition) is 1. The van der Waals surface area contributed by atoms with E-state index in [1.165, 1.54) is 16.8 Å². The number of nitrogens with two attached hydrogens (primary N) is 1. The molecule has 1 fully saturated rings. The van der Waals surface area contributed by atoms with E-state index < -0.39 is 0 Å². The summed E-state index contributed by atoms with van der Waals surface area (Å²) >= 11 is 6.73. The van der Waals surface area contributed by atoms with Crippen LogP contribution in [-0.2, 0) is 6.54 Å². The largest absolute Gasteiger partial charge is 0.445 e. The summed E-state index contributed by atoms with van der Waals surface area (Å²) in [5, 5.41) is 15.2. The van der Waals surface area contributed by atoms with Gasteiger partial charge in [-0.25, -0.2) is 14.4 Å². The number of oxazole rings is 1. The highest BCUT2D eigenvalue weighted by molar-refractivity contribution is 6.38. The summed E-state index contributed by atoms with van der Waals surface area (Å²) in [7, 11) is 0. The summed E-state index contributed by atoms with van der Waals surface area (Å²) in [4.78, 5) is 22.0. The number of anilines is 2. The van der Waals surface area contributed by atoms with Gasteiger partial charge < -0.3 is 19.6 Å². The molecule has 0 spiro atoms. The Balaban J connectivity index is 1.12. The van der Waals surface area contributed by atoms with Crippen LogP contribution in [0.15, 0.2) is 59.5 Å². The lowest BCUT2D eigenvalue weighted by Crippen LogP contribution is -2.47. The molecule has 0 bridgehead atoms. The van der Waals surface area contributed by atoms with Gasteiger partial charge in [-0.15, -0.1) is 5.10 Å². The minimum absolute atomic E-state index is 0.120. The molecule has 0 unspecified atom stereocenters. The van der Waals surface area contributed by atoms with E-state index in [1.807, 2.05) is 11.0 Å². The van der Waals surface area contributed by atoms with Gasteiger partial charge in [0, 0.05) is 51.0 Å². The molecule has 0 amide bonds. The summed E-state index contributed by atoms with van der Waals surface area (Å²) in [6.45, 7) is 3.74. The van der Waals surface area contributed by atoms with E-state index in [2.05, 4.69) is 36.0 Å². The predicted octanol–water partition coefficient (Wildman–Crippen LogP) is 3.86. The molecule has 1 aliphatic heterocycles. The maximum absolute atomic E-state index is 14.8. The Morgan fingerprint density at radius 2 is 1.88 bits per heavy atom. The predicted molar refractivity (Wildman–Crippen MR) is 154 cm³/mol. The number of benzene rings is 1. The Kier molecular flexibility index (Phi) is 6.41. The normalized spacial score (nSPS) is 14.2. The average molecular weight is 584 g/mol. The number of piperazine rings is 1. The number of fused-ring (bicyclic) bond motifs is 3.